The molecule has 3 N–H and O–H groups in total. The second-order valence-corrected chi connectivity index (χ2v) is 3.60. The maximum absolute atomic E-state index is 5.79. The average molecular weight is 221 g/mol. The number of ether oxygens (including phenoxy) is 2. The van der Waals surface area contributed by atoms with Crippen molar-refractivity contribution in [2.75, 3.05) is 14.2 Å². The molecule has 0 saturated heterocycles. The molecule has 1 aromatic carbocycles. The summed E-state index contributed by atoms with van der Waals surface area (Å²) in [4.78, 5) is 7.55. The molecule has 0 aliphatic rings. The van der Waals surface area contributed by atoms with Crippen molar-refractivity contribution < 1.29 is 9.47 Å². The molecule has 5 nitrogen and oxygen atoms in total. The normalized spacial score (nSPS) is 12.8. The van der Waals surface area contributed by atoms with Gasteiger partial charge in [-0.15, -0.1) is 0 Å². The van der Waals surface area contributed by atoms with Gasteiger partial charge < -0.3 is 20.2 Å². The summed E-state index contributed by atoms with van der Waals surface area (Å²) in [6, 6.07) is 3.51. The van der Waals surface area contributed by atoms with E-state index in [0.717, 1.165) is 22.6 Å². The number of aromatic nitrogens is 2. The van der Waals surface area contributed by atoms with E-state index >= 15 is 0 Å². The summed E-state index contributed by atoms with van der Waals surface area (Å²) in [7, 11) is 3.23. The number of fused-ring (bicyclic) bond motifs is 1. The van der Waals surface area contributed by atoms with Gasteiger partial charge in [0.2, 0.25) is 0 Å². The summed E-state index contributed by atoms with van der Waals surface area (Å²) < 4.78 is 10.5. The topological polar surface area (TPSA) is 73.2 Å². The number of methoxy groups -OCH3 is 2. The molecule has 86 valence electrons. The summed E-state index contributed by atoms with van der Waals surface area (Å²) in [5, 5.41) is 0. The van der Waals surface area contributed by atoms with E-state index in [9.17, 15) is 0 Å². The molecular formula is C11H15N3O2. The molecule has 2 rings (SSSR count). The van der Waals surface area contributed by atoms with E-state index in [4.69, 9.17) is 15.2 Å². The fourth-order valence-electron chi connectivity index (χ4n) is 1.61. The molecule has 0 unspecified atom stereocenters. The molecule has 0 radical (unpaired) electrons. The summed E-state index contributed by atoms with van der Waals surface area (Å²) in [5.41, 5.74) is 7.34. The van der Waals surface area contributed by atoms with Crippen LogP contribution in [-0.2, 0) is 0 Å². The van der Waals surface area contributed by atoms with Gasteiger partial charge in [0.05, 0.1) is 20.3 Å². The fraction of sp³-hybridized carbons (Fsp3) is 0.364. The first-order valence-corrected chi connectivity index (χ1v) is 5.03. The van der Waals surface area contributed by atoms with Crippen LogP contribution in [0.25, 0.3) is 11.0 Å². The van der Waals surface area contributed by atoms with Crippen molar-refractivity contribution in [3.05, 3.63) is 18.0 Å². The highest BCUT2D eigenvalue weighted by Gasteiger charge is 2.14. The van der Waals surface area contributed by atoms with E-state index in [1.807, 2.05) is 19.1 Å². The molecule has 0 fully saturated rings. The predicted molar refractivity (Wildman–Crippen MR) is 61.8 cm³/mol. The van der Waals surface area contributed by atoms with Gasteiger partial charge in [0.15, 0.2) is 0 Å². The Balaban J connectivity index is 2.70. The molecule has 0 bridgehead atoms. The lowest BCUT2D eigenvalue weighted by Crippen LogP contribution is -2.06. The van der Waals surface area contributed by atoms with Gasteiger partial charge in [0.1, 0.15) is 28.4 Å². The summed E-state index contributed by atoms with van der Waals surface area (Å²) >= 11 is 0. The van der Waals surface area contributed by atoms with Crippen molar-refractivity contribution in [3.8, 4) is 11.5 Å². The number of nitrogens with two attached hydrogens (primary N) is 1. The monoisotopic (exact) mass is 221 g/mol. The standard InChI is InChI=1S/C11H15N3O2/c1-6(12)11-13-9-7(15-2)4-5-8(16-3)10(9)14-11/h4-6H,12H2,1-3H3,(H,13,14)/t6-/m0/s1. The highest BCUT2D eigenvalue weighted by molar-refractivity contribution is 5.87. The van der Waals surface area contributed by atoms with Crippen molar-refractivity contribution in [1.29, 1.82) is 0 Å². The number of benzene rings is 1. The number of hydrogen-bond donors (Lipinski definition) is 2. The van der Waals surface area contributed by atoms with Gasteiger partial charge in [0.25, 0.3) is 0 Å². The zero-order valence-electron chi connectivity index (χ0n) is 9.57. The van der Waals surface area contributed by atoms with Crippen molar-refractivity contribution in [2.45, 2.75) is 13.0 Å². The minimum atomic E-state index is -0.151. The van der Waals surface area contributed by atoms with Crippen molar-refractivity contribution >= 4 is 11.0 Å². The van der Waals surface area contributed by atoms with Crippen LogP contribution in [0.2, 0.25) is 0 Å². The van der Waals surface area contributed by atoms with Gasteiger partial charge >= 0.3 is 0 Å². The highest BCUT2D eigenvalue weighted by Crippen LogP contribution is 2.31. The molecule has 0 spiro atoms. The third-order valence-corrected chi connectivity index (χ3v) is 2.46. The minimum absolute atomic E-state index is 0.151. The first-order valence-electron chi connectivity index (χ1n) is 5.03. The van der Waals surface area contributed by atoms with Gasteiger partial charge in [-0.2, -0.15) is 0 Å². The van der Waals surface area contributed by atoms with E-state index < -0.39 is 0 Å². The number of imidazole rings is 1. The van der Waals surface area contributed by atoms with Gasteiger partial charge in [-0.3, -0.25) is 0 Å². The van der Waals surface area contributed by atoms with Gasteiger partial charge in [-0.1, -0.05) is 0 Å². The molecule has 1 aromatic heterocycles. The van der Waals surface area contributed by atoms with Crippen LogP contribution < -0.4 is 15.2 Å². The van der Waals surface area contributed by atoms with E-state index in [1.54, 1.807) is 14.2 Å². The van der Waals surface area contributed by atoms with Crippen LogP contribution in [0.3, 0.4) is 0 Å². The molecule has 0 amide bonds. The molecule has 5 heteroatoms. The SMILES string of the molecule is COc1ccc(OC)c2[nH]c([C@H](C)N)nc12. The van der Waals surface area contributed by atoms with Crippen LogP contribution in [0.4, 0.5) is 0 Å². The van der Waals surface area contributed by atoms with Gasteiger partial charge in [-0.25, -0.2) is 4.98 Å². The van der Waals surface area contributed by atoms with Crippen LogP contribution in [0, 0.1) is 0 Å². The lowest BCUT2D eigenvalue weighted by atomic mass is 10.2. The maximum atomic E-state index is 5.79. The molecule has 0 aliphatic heterocycles. The largest absolute Gasteiger partial charge is 0.494 e. The number of nitrogens with zero attached hydrogens (tertiary/aromatic N) is 1. The minimum Gasteiger partial charge on any atom is -0.494 e. The molecule has 16 heavy (non-hydrogen) atoms. The van der Waals surface area contributed by atoms with Crippen LogP contribution >= 0.6 is 0 Å². The lowest BCUT2D eigenvalue weighted by molar-refractivity contribution is 0.409. The Hall–Kier alpha value is -1.75. The number of nitrogens with one attached hydrogen (secondary N) is 1. The fourth-order valence-corrected chi connectivity index (χ4v) is 1.61. The van der Waals surface area contributed by atoms with E-state index in [0.29, 0.717) is 5.75 Å². The molecule has 2 aromatic rings. The quantitative estimate of drug-likeness (QED) is 0.825. The first-order chi connectivity index (χ1) is 7.67. The predicted octanol–water partition coefficient (Wildman–Crippen LogP) is 1.60. The third kappa shape index (κ3) is 1.59. The Kier molecular flexibility index (Phi) is 2.70. The van der Waals surface area contributed by atoms with Crippen LogP contribution in [0.1, 0.15) is 18.8 Å². The smallest absolute Gasteiger partial charge is 0.146 e. The average Bonchev–Trinajstić information content (AvgIpc) is 2.72. The van der Waals surface area contributed by atoms with E-state index in [-0.39, 0.29) is 6.04 Å². The second-order valence-electron chi connectivity index (χ2n) is 3.60. The number of H-pyrrole nitrogens is 1. The Morgan fingerprint density at radius 2 is 1.88 bits per heavy atom. The van der Waals surface area contributed by atoms with E-state index in [2.05, 4.69) is 9.97 Å². The Bertz CT molecular complexity index is 464. The lowest BCUT2D eigenvalue weighted by Gasteiger charge is -2.04. The van der Waals surface area contributed by atoms with Crippen LogP contribution in [-0.4, -0.2) is 24.2 Å². The van der Waals surface area contributed by atoms with Crippen LogP contribution in [0.15, 0.2) is 12.1 Å². The first kappa shape index (κ1) is 10.8. The maximum Gasteiger partial charge on any atom is 0.146 e. The Morgan fingerprint density at radius 1 is 1.25 bits per heavy atom. The van der Waals surface area contributed by atoms with Crippen LogP contribution in [0.5, 0.6) is 11.5 Å². The molecular weight excluding hydrogens is 206 g/mol. The number of hydrogen-bond acceptors (Lipinski definition) is 4. The number of aromatic amines is 1. The number of rotatable bonds is 3. The summed E-state index contributed by atoms with van der Waals surface area (Å²) in [5.74, 6) is 2.16. The molecule has 1 heterocycles. The summed E-state index contributed by atoms with van der Waals surface area (Å²) in [6.45, 7) is 1.87. The van der Waals surface area contributed by atoms with Crippen molar-refractivity contribution in [3.63, 3.8) is 0 Å². The summed E-state index contributed by atoms with van der Waals surface area (Å²) in [6.07, 6.45) is 0. The molecule has 1 atom stereocenters. The zero-order valence-corrected chi connectivity index (χ0v) is 9.57. The van der Waals surface area contributed by atoms with Gasteiger partial charge in [0, 0.05) is 0 Å². The zero-order chi connectivity index (χ0) is 11.7. The van der Waals surface area contributed by atoms with Gasteiger partial charge in [-0.05, 0) is 19.1 Å². The second kappa shape index (κ2) is 4.02. The van der Waals surface area contributed by atoms with Crippen molar-refractivity contribution in [2.24, 2.45) is 5.73 Å². The van der Waals surface area contributed by atoms with Crippen molar-refractivity contribution in [1.82, 2.24) is 9.97 Å². The Morgan fingerprint density at radius 3 is 2.44 bits per heavy atom. The molecule has 0 saturated carbocycles. The highest BCUT2D eigenvalue weighted by atomic mass is 16.5. The molecule has 0 aliphatic carbocycles. The third-order valence-electron chi connectivity index (χ3n) is 2.46. The Labute approximate surface area is 93.6 Å². The van der Waals surface area contributed by atoms with E-state index in [1.165, 1.54) is 0 Å².